The van der Waals surface area contributed by atoms with Crippen LogP contribution in [0.2, 0.25) is 0 Å². The Labute approximate surface area is 133 Å². The van der Waals surface area contributed by atoms with E-state index in [1.54, 1.807) is 24.3 Å². The second kappa shape index (κ2) is 6.32. The summed E-state index contributed by atoms with van der Waals surface area (Å²) in [6.07, 6.45) is 0.677. The molecule has 0 saturated carbocycles. The average Bonchev–Trinajstić information content (AvgIpc) is 3.10. The van der Waals surface area contributed by atoms with Crippen LogP contribution in [0.3, 0.4) is 0 Å². The number of rotatable bonds is 4. The molecule has 3 aromatic rings. The summed E-state index contributed by atoms with van der Waals surface area (Å²) < 4.78 is 10.1. The first-order chi connectivity index (χ1) is 11.2. The molecule has 0 N–H and O–H groups in total. The van der Waals surface area contributed by atoms with Gasteiger partial charge in [0.25, 0.3) is 0 Å². The summed E-state index contributed by atoms with van der Waals surface area (Å²) in [6.45, 7) is 0. The van der Waals surface area contributed by atoms with Crippen LogP contribution < -0.4 is 0 Å². The highest BCUT2D eigenvalue weighted by Gasteiger charge is 2.08. The topological polar surface area (TPSA) is 56.5 Å². The van der Waals surface area contributed by atoms with E-state index in [4.69, 9.17) is 9.15 Å². The van der Waals surface area contributed by atoms with Crippen LogP contribution in [0.25, 0.3) is 22.5 Å². The Morgan fingerprint density at radius 1 is 0.957 bits per heavy atom. The Bertz CT molecular complexity index is 844. The molecule has 3 rings (SSSR count). The van der Waals surface area contributed by atoms with Crippen LogP contribution >= 0.6 is 0 Å². The molecule has 4 nitrogen and oxygen atoms in total. The number of hydrogen-bond donors (Lipinski definition) is 0. The van der Waals surface area contributed by atoms with Crippen molar-refractivity contribution in [3.63, 3.8) is 0 Å². The molecule has 0 radical (unpaired) electrons. The molecule has 1 heterocycles. The van der Waals surface area contributed by atoms with Gasteiger partial charge in [0.15, 0.2) is 12.0 Å². The fourth-order valence-electron chi connectivity index (χ4n) is 2.34. The minimum atomic E-state index is -0.361. The van der Waals surface area contributed by atoms with Crippen molar-refractivity contribution in [2.75, 3.05) is 7.11 Å². The van der Waals surface area contributed by atoms with Crippen molar-refractivity contribution in [3.05, 3.63) is 72.0 Å². The number of esters is 1. The lowest BCUT2D eigenvalue weighted by Crippen LogP contribution is -2.00. The summed E-state index contributed by atoms with van der Waals surface area (Å²) in [5.74, 6) is 0.581. The number of furan rings is 1. The highest BCUT2D eigenvalue weighted by atomic mass is 16.5. The Hall–Kier alpha value is -3.14. The standard InChI is InChI=1S/C19H14O4/c1-22-19(21)16-4-2-3-15(11-16)13-5-7-14(8-6-13)18-10-9-17(12-20)23-18/h2-12H,1H3. The summed E-state index contributed by atoms with van der Waals surface area (Å²) in [4.78, 5) is 22.3. The van der Waals surface area contributed by atoms with Crippen molar-refractivity contribution in [1.29, 1.82) is 0 Å². The fraction of sp³-hybridized carbons (Fsp3) is 0.0526. The predicted molar refractivity (Wildman–Crippen MR) is 86.3 cm³/mol. The van der Waals surface area contributed by atoms with E-state index >= 15 is 0 Å². The number of aldehydes is 1. The van der Waals surface area contributed by atoms with Crippen molar-refractivity contribution in [2.24, 2.45) is 0 Å². The van der Waals surface area contributed by atoms with E-state index in [1.807, 2.05) is 36.4 Å². The van der Waals surface area contributed by atoms with Crippen LogP contribution in [0.4, 0.5) is 0 Å². The maximum absolute atomic E-state index is 11.6. The number of methoxy groups -OCH3 is 1. The van der Waals surface area contributed by atoms with Gasteiger partial charge in [-0.05, 0) is 35.4 Å². The molecular weight excluding hydrogens is 292 g/mol. The molecule has 1 aromatic heterocycles. The molecule has 0 saturated heterocycles. The van der Waals surface area contributed by atoms with E-state index in [0.29, 0.717) is 23.4 Å². The van der Waals surface area contributed by atoms with Gasteiger partial charge in [0.1, 0.15) is 5.76 Å². The van der Waals surface area contributed by atoms with Gasteiger partial charge < -0.3 is 9.15 Å². The first kappa shape index (κ1) is 14.8. The molecule has 23 heavy (non-hydrogen) atoms. The van der Waals surface area contributed by atoms with E-state index in [2.05, 4.69) is 0 Å². The maximum atomic E-state index is 11.6. The second-order valence-electron chi connectivity index (χ2n) is 4.97. The zero-order valence-electron chi connectivity index (χ0n) is 12.5. The SMILES string of the molecule is COC(=O)c1cccc(-c2ccc(-c3ccc(C=O)o3)cc2)c1. The predicted octanol–water partition coefficient (Wildman–Crippen LogP) is 4.21. The van der Waals surface area contributed by atoms with Crippen molar-refractivity contribution in [2.45, 2.75) is 0 Å². The lowest BCUT2D eigenvalue weighted by molar-refractivity contribution is 0.0600. The molecule has 4 heteroatoms. The lowest BCUT2D eigenvalue weighted by Gasteiger charge is -2.05. The molecule has 0 spiro atoms. The van der Waals surface area contributed by atoms with Crippen molar-refractivity contribution in [3.8, 4) is 22.5 Å². The number of carbonyl (C=O) groups excluding carboxylic acids is 2. The number of ether oxygens (including phenoxy) is 1. The number of hydrogen-bond acceptors (Lipinski definition) is 4. The van der Waals surface area contributed by atoms with Crippen LogP contribution in [0.5, 0.6) is 0 Å². The van der Waals surface area contributed by atoms with Gasteiger partial charge in [0.05, 0.1) is 12.7 Å². The summed E-state index contributed by atoms with van der Waals surface area (Å²) in [6, 6.07) is 18.3. The van der Waals surface area contributed by atoms with Crippen molar-refractivity contribution < 1.29 is 18.7 Å². The van der Waals surface area contributed by atoms with Crippen molar-refractivity contribution in [1.82, 2.24) is 0 Å². The smallest absolute Gasteiger partial charge is 0.337 e. The van der Waals surface area contributed by atoms with Crippen LogP contribution in [0, 0.1) is 0 Å². The molecule has 0 atom stereocenters. The Morgan fingerprint density at radius 3 is 2.35 bits per heavy atom. The van der Waals surface area contributed by atoms with Crippen LogP contribution in [-0.4, -0.2) is 19.4 Å². The summed E-state index contributed by atoms with van der Waals surface area (Å²) in [5, 5.41) is 0. The summed E-state index contributed by atoms with van der Waals surface area (Å²) in [7, 11) is 1.36. The van der Waals surface area contributed by atoms with Crippen molar-refractivity contribution >= 4 is 12.3 Å². The monoisotopic (exact) mass is 306 g/mol. The van der Waals surface area contributed by atoms with Crippen LogP contribution in [-0.2, 0) is 4.74 Å². The normalized spacial score (nSPS) is 10.3. The van der Waals surface area contributed by atoms with E-state index < -0.39 is 0 Å². The largest absolute Gasteiger partial charge is 0.465 e. The van der Waals surface area contributed by atoms with Gasteiger partial charge in [-0.25, -0.2) is 4.79 Å². The van der Waals surface area contributed by atoms with Crippen LogP contribution in [0.1, 0.15) is 20.9 Å². The van der Waals surface area contributed by atoms with Gasteiger partial charge in [0.2, 0.25) is 0 Å². The van der Waals surface area contributed by atoms with E-state index in [-0.39, 0.29) is 5.97 Å². The lowest BCUT2D eigenvalue weighted by atomic mass is 10.0. The summed E-state index contributed by atoms with van der Waals surface area (Å²) in [5.41, 5.74) is 3.29. The minimum Gasteiger partial charge on any atom is -0.465 e. The molecule has 2 aromatic carbocycles. The molecular formula is C19H14O4. The Morgan fingerprint density at radius 2 is 1.70 bits per heavy atom. The second-order valence-corrected chi connectivity index (χ2v) is 4.97. The quantitative estimate of drug-likeness (QED) is 0.535. The Balaban J connectivity index is 1.90. The average molecular weight is 306 g/mol. The first-order valence-corrected chi connectivity index (χ1v) is 7.05. The molecule has 0 aliphatic heterocycles. The van der Waals surface area contributed by atoms with Crippen LogP contribution in [0.15, 0.2) is 65.1 Å². The van der Waals surface area contributed by atoms with Gasteiger partial charge in [-0.2, -0.15) is 0 Å². The number of carbonyl (C=O) groups is 2. The van der Waals surface area contributed by atoms with Gasteiger partial charge in [-0.3, -0.25) is 4.79 Å². The molecule has 0 amide bonds. The first-order valence-electron chi connectivity index (χ1n) is 7.05. The molecule has 0 unspecified atom stereocenters. The maximum Gasteiger partial charge on any atom is 0.337 e. The van der Waals surface area contributed by atoms with E-state index in [9.17, 15) is 9.59 Å². The minimum absolute atomic E-state index is 0.301. The zero-order valence-corrected chi connectivity index (χ0v) is 12.5. The van der Waals surface area contributed by atoms with E-state index in [0.717, 1.165) is 16.7 Å². The summed E-state index contributed by atoms with van der Waals surface area (Å²) >= 11 is 0. The fourth-order valence-corrected chi connectivity index (χ4v) is 2.34. The zero-order chi connectivity index (χ0) is 16.2. The Kier molecular flexibility index (Phi) is 4.06. The number of benzene rings is 2. The van der Waals surface area contributed by atoms with Gasteiger partial charge in [-0.1, -0.05) is 36.4 Å². The van der Waals surface area contributed by atoms with E-state index in [1.165, 1.54) is 7.11 Å². The van der Waals surface area contributed by atoms with Gasteiger partial charge in [0, 0.05) is 5.56 Å². The highest BCUT2D eigenvalue weighted by molar-refractivity contribution is 5.91. The van der Waals surface area contributed by atoms with Gasteiger partial charge in [-0.15, -0.1) is 0 Å². The third-order valence-electron chi connectivity index (χ3n) is 3.53. The third kappa shape index (κ3) is 3.06. The molecule has 0 aliphatic carbocycles. The molecule has 0 fully saturated rings. The third-order valence-corrected chi connectivity index (χ3v) is 3.53. The molecule has 114 valence electrons. The highest BCUT2D eigenvalue weighted by Crippen LogP contribution is 2.26. The molecule has 0 bridgehead atoms. The van der Waals surface area contributed by atoms with Gasteiger partial charge >= 0.3 is 5.97 Å². The molecule has 0 aliphatic rings.